The van der Waals surface area contributed by atoms with Gasteiger partial charge in [-0.15, -0.1) is 0 Å². The first kappa shape index (κ1) is 23.8. The molecule has 32 heavy (non-hydrogen) atoms. The van der Waals surface area contributed by atoms with Gasteiger partial charge in [-0.05, 0) is 43.2 Å². The summed E-state index contributed by atoms with van der Waals surface area (Å²) in [5.74, 6) is 0.262. The van der Waals surface area contributed by atoms with Crippen molar-refractivity contribution in [2.24, 2.45) is 7.05 Å². The van der Waals surface area contributed by atoms with Gasteiger partial charge in [0.05, 0.1) is 18.1 Å². The molecule has 0 bridgehead atoms. The Bertz CT molecular complexity index is 1090. The number of nitrogens with zero attached hydrogens (tertiary/aromatic N) is 2. The first-order chi connectivity index (χ1) is 15.4. The van der Waals surface area contributed by atoms with Gasteiger partial charge in [-0.1, -0.05) is 43.7 Å². The first-order valence-corrected chi connectivity index (χ1v) is 11.5. The number of halogens is 1. The lowest BCUT2D eigenvalue weighted by Crippen LogP contribution is -2.33. The average molecular weight is 458 g/mol. The summed E-state index contributed by atoms with van der Waals surface area (Å²) < 4.78 is 20.0. The largest absolute Gasteiger partial charge is 0.467 e. The van der Waals surface area contributed by atoms with Crippen LogP contribution in [-0.4, -0.2) is 20.7 Å². The minimum atomic E-state index is -0.370. The molecular weight excluding hydrogens is 429 g/mol. The van der Waals surface area contributed by atoms with Gasteiger partial charge in [0.2, 0.25) is 5.91 Å². The number of hydrogen-bond acceptors (Lipinski definition) is 5. The number of thioether (sulfide) groups is 1. The van der Waals surface area contributed by atoms with Gasteiger partial charge >= 0.3 is 0 Å². The van der Waals surface area contributed by atoms with Gasteiger partial charge in [0.25, 0.3) is 5.56 Å². The number of unbranched alkanes of at least 4 members (excludes halogenated alkanes) is 1. The summed E-state index contributed by atoms with van der Waals surface area (Å²) in [6, 6.07) is 9.69. The van der Waals surface area contributed by atoms with Crippen LogP contribution in [0.4, 0.5) is 4.39 Å². The van der Waals surface area contributed by atoms with Gasteiger partial charge in [0, 0.05) is 24.7 Å². The van der Waals surface area contributed by atoms with Crippen LogP contribution < -0.4 is 10.9 Å². The Labute approximate surface area is 191 Å². The summed E-state index contributed by atoms with van der Waals surface area (Å²) in [6.07, 6.45) is 4.48. The number of nitrogens with one attached hydrogen (secondary N) is 1. The van der Waals surface area contributed by atoms with E-state index in [-0.39, 0.29) is 22.5 Å². The number of hydrogen-bond donors (Lipinski definition) is 1. The number of benzene rings is 1. The summed E-state index contributed by atoms with van der Waals surface area (Å²) >= 11 is 1.31. The van der Waals surface area contributed by atoms with Crippen LogP contribution in [0.25, 0.3) is 0 Å². The van der Waals surface area contributed by atoms with Crippen molar-refractivity contribution < 1.29 is 13.6 Å². The number of carbonyl (C=O) groups is 1. The molecule has 1 N–H and O–H groups in total. The summed E-state index contributed by atoms with van der Waals surface area (Å²) in [5.41, 5.74) is 1.86. The molecule has 6 nitrogen and oxygen atoms in total. The fourth-order valence-electron chi connectivity index (χ4n) is 3.31. The number of amides is 1. The van der Waals surface area contributed by atoms with Crippen LogP contribution in [-0.2, 0) is 24.8 Å². The maximum atomic E-state index is 13.2. The van der Waals surface area contributed by atoms with E-state index in [1.54, 1.807) is 38.4 Å². The molecule has 3 rings (SSSR count). The number of aromatic nitrogens is 2. The number of aryl methyl sites for hydroxylation is 1. The van der Waals surface area contributed by atoms with E-state index in [0.29, 0.717) is 41.6 Å². The molecule has 2 aromatic heterocycles. The Morgan fingerprint density at radius 3 is 2.69 bits per heavy atom. The third-order valence-corrected chi connectivity index (χ3v) is 6.53. The standard InChI is InChI=1S/C24H28FN3O3S/c1-4-5-8-21(22(29)26-15-19-7-6-13-31-19)32-24-27-16(2)20(23(30)28(24)3)14-17-9-11-18(25)12-10-17/h6-7,9-13,21H,4-5,8,14-15H2,1-3H3,(H,26,29). The van der Waals surface area contributed by atoms with E-state index in [0.717, 1.165) is 18.4 Å². The summed E-state index contributed by atoms with van der Waals surface area (Å²) in [5, 5.41) is 3.05. The molecule has 8 heteroatoms. The Balaban J connectivity index is 1.78. The lowest BCUT2D eigenvalue weighted by Gasteiger charge is -2.18. The predicted molar refractivity (Wildman–Crippen MR) is 123 cm³/mol. The van der Waals surface area contributed by atoms with Gasteiger partial charge in [0.15, 0.2) is 5.16 Å². The van der Waals surface area contributed by atoms with E-state index in [1.807, 2.05) is 6.07 Å². The fraction of sp³-hybridized carbons (Fsp3) is 0.375. The summed E-state index contributed by atoms with van der Waals surface area (Å²) in [7, 11) is 1.67. The van der Waals surface area contributed by atoms with Crippen LogP contribution in [0, 0.1) is 12.7 Å². The third-order valence-electron chi connectivity index (χ3n) is 5.22. The van der Waals surface area contributed by atoms with Crippen molar-refractivity contribution in [2.45, 2.75) is 56.5 Å². The van der Waals surface area contributed by atoms with Crippen molar-refractivity contribution in [1.82, 2.24) is 14.9 Å². The SMILES string of the molecule is CCCCC(Sc1nc(C)c(Cc2ccc(F)cc2)c(=O)n1C)C(=O)NCc1ccco1. The summed E-state index contributed by atoms with van der Waals surface area (Å²) in [4.78, 5) is 30.5. The van der Waals surface area contributed by atoms with E-state index in [2.05, 4.69) is 17.2 Å². The van der Waals surface area contributed by atoms with Crippen molar-refractivity contribution in [2.75, 3.05) is 0 Å². The molecule has 0 saturated heterocycles. The van der Waals surface area contributed by atoms with E-state index in [4.69, 9.17) is 4.42 Å². The zero-order chi connectivity index (χ0) is 23.1. The molecule has 0 aliphatic carbocycles. The molecule has 2 heterocycles. The molecule has 1 aromatic carbocycles. The second-order valence-electron chi connectivity index (χ2n) is 7.67. The molecular formula is C24H28FN3O3S. The second-order valence-corrected chi connectivity index (χ2v) is 8.84. The molecule has 0 radical (unpaired) electrons. The smallest absolute Gasteiger partial charge is 0.257 e. The predicted octanol–water partition coefficient (Wildman–Crippen LogP) is 4.38. The van der Waals surface area contributed by atoms with E-state index in [9.17, 15) is 14.0 Å². The number of rotatable bonds is 10. The average Bonchev–Trinajstić information content (AvgIpc) is 3.30. The molecule has 1 unspecified atom stereocenters. The molecule has 1 atom stereocenters. The van der Waals surface area contributed by atoms with Crippen LogP contribution in [0.3, 0.4) is 0 Å². The highest BCUT2D eigenvalue weighted by Gasteiger charge is 2.23. The third kappa shape index (κ3) is 6.09. The van der Waals surface area contributed by atoms with E-state index < -0.39 is 0 Å². The van der Waals surface area contributed by atoms with E-state index in [1.165, 1.54) is 28.5 Å². The van der Waals surface area contributed by atoms with Gasteiger partial charge < -0.3 is 9.73 Å². The van der Waals surface area contributed by atoms with Gasteiger partial charge in [-0.3, -0.25) is 14.2 Å². The highest BCUT2D eigenvalue weighted by atomic mass is 32.2. The Morgan fingerprint density at radius 1 is 1.28 bits per heavy atom. The van der Waals surface area contributed by atoms with Crippen LogP contribution >= 0.6 is 11.8 Å². The molecule has 0 fully saturated rings. The van der Waals surface area contributed by atoms with Crippen molar-refractivity contribution in [3.05, 3.63) is 81.4 Å². The second kappa shape index (κ2) is 11.1. The zero-order valence-corrected chi connectivity index (χ0v) is 19.4. The number of furan rings is 1. The van der Waals surface area contributed by atoms with Crippen molar-refractivity contribution >= 4 is 17.7 Å². The maximum absolute atomic E-state index is 13.2. The molecule has 170 valence electrons. The first-order valence-electron chi connectivity index (χ1n) is 10.7. The zero-order valence-electron chi connectivity index (χ0n) is 18.6. The molecule has 0 aliphatic heterocycles. The highest BCUT2D eigenvalue weighted by molar-refractivity contribution is 8.00. The highest BCUT2D eigenvalue weighted by Crippen LogP contribution is 2.26. The minimum Gasteiger partial charge on any atom is -0.467 e. The van der Waals surface area contributed by atoms with Crippen molar-refractivity contribution in [1.29, 1.82) is 0 Å². The lowest BCUT2D eigenvalue weighted by molar-refractivity contribution is -0.120. The summed E-state index contributed by atoms with van der Waals surface area (Å²) in [6.45, 7) is 4.18. The molecule has 1 amide bonds. The van der Waals surface area contributed by atoms with Gasteiger partial charge in [0.1, 0.15) is 11.6 Å². The van der Waals surface area contributed by atoms with Gasteiger partial charge in [-0.2, -0.15) is 0 Å². The fourth-order valence-corrected chi connectivity index (χ4v) is 4.47. The van der Waals surface area contributed by atoms with Crippen LogP contribution in [0.5, 0.6) is 0 Å². The molecule has 3 aromatic rings. The monoisotopic (exact) mass is 457 g/mol. The minimum absolute atomic E-state index is 0.109. The molecule has 0 aliphatic rings. The van der Waals surface area contributed by atoms with Crippen LogP contribution in [0.2, 0.25) is 0 Å². The van der Waals surface area contributed by atoms with Crippen LogP contribution in [0.1, 0.15) is 48.8 Å². The van der Waals surface area contributed by atoms with Crippen molar-refractivity contribution in [3.63, 3.8) is 0 Å². The topological polar surface area (TPSA) is 77.1 Å². The van der Waals surface area contributed by atoms with Crippen molar-refractivity contribution in [3.8, 4) is 0 Å². The van der Waals surface area contributed by atoms with Gasteiger partial charge in [-0.25, -0.2) is 9.37 Å². The maximum Gasteiger partial charge on any atom is 0.257 e. The van der Waals surface area contributed by atoms with Crippen LogP contribution in [0.15, 0.2) is 57.0 Å². The number of carbonyl (C=O) groups excluding carboxylic acids is 1. The quantitative estimate of drug-likeness (QED) is 0.361. The Morgan fingerprint density at radius 2 is 2.03 bits per heavy atom. The van der Waals surface area contributed by atoms with E-state index >= 15 is 0 Å². The normalized spacial score (nSPS) is 12.0. The molecule has 0 spiro atoms. The Hall–Kier alpha value is -2.87. The lowest BCUT2D eigenvalue weighted by atomic mass is 10.1. The molecule has 0 saturated carbocycles. The Kier molecular flexibility index (Phi) is 8.27.